The molecule has 0 aliphatic carbocycles. The van der Waals surface area contributed by atoms with Crippen molar-refractivity contribution < 1.29 is 18.8 Å². The number of benzene rings is 3. The van der Waals surface area contributed by atoms with Crippen LogP contribution in [0.5, 0.6) is 0 Å². The van der Waals surface area contributed by atoms with Crippen molar-refractivity contribution in [2.45, 2.75) is 12.8 Å². The second-order valence-electron chi connectivity index (χ2n) is 19.6. The molecule has 13 rings (SSSR count). The van der Waals surface area contributed by atoms with Gasteiger partial charge in [0.2, 0.25) is 0 Å². The van der Waals surface area contributed by atoms with Crippen LogP contribution in [0.25, 0.3) is 100.0 Å². The molecule has 10 heterocycles. The number of likely N-dealkylation sites (tertiary alicyclic amines) is 1. The quantitative estimate of drug-likeness (QED) is 0.153. The SMILES string of the molecule is CN(C)C(=O)c1nc(-c2ccncc2)nc2c1c1cc(Cl)ccc1n2C.CN(C)C(=O)c1nc(-c2ccncc2)nc2c1c1ccc(F)cc1n2C.Cn1c2cc(Cl)ccc2c2c(C(=O)N3CCCC3)nc(-c3ccncc3)nc21. The smallest absolute Gasteiger partial charge is 0.273 e. The Bertz CT molecular complexity index is 4360. The molecule has 0 N–H and O–H groups in total. The Morgan fingerprint density at radius 3 is 1.32 bits per heavy atom. The third-order valence-corrected chi connectivity index (χ3v) is 14.5. The number of hydrogen-bond donors (Lipinski definition) is 0. The van der Waals surface area contributed by atoms with Crippen LogP contribution in [-0.2, 0) is 21.1 Å². The van der Waals surface area contributed by atoms with Crippen LogP contribution in [0.4, 0.5) is 4.39 Å². The third-order valence-electron chi connectivity index (χ3n) is 14.0. The molecular weight excluding hydrogens is 1060 g/mol. The summed E-state index contributed by atoms with van der Waals surface area (Å²) in [5, 5.41) is 5.91. The van der Waals surface area contributed by atoms with Crippen LogP contribution >= 0.6 is 23.2 Å². The first-order valence-electron chi connectivity index (χ1n) is 25.4. The Morgan fingerprint density at radius 2 is 0.850 bits per heavy atom. The molecule has 1 fully saturated rings. The zero-order valence-corrected chi connectivity index (χ0v) is 46.0. The summed E-state index contributed by atoms with van der Waals surface area (Å²) in [6.45, 7) is 1.54. The van der Waals surface area contributed by atoms with Crippen molar-refractivity contribution in [3.63, 3.8) is 0 Å². The van der Waals surface area contributed by atoms with E-state index in [1.165, 1.54) is 21.9 Å². The highest BCUT2D eigenvalue weighted by Gasteiger charge is 2.28. The molecule has 3 amide bonds. The summed E-state index contributed by atoms with van der Waals surface area (Å²) >= 11 is 12.4. The molecule has 3 aromatic carbocycles. The number of aromatic nitrogens is 12. The maximum absolute atomic E-state index is 13.7. The number of amides is 3. The lowest BCUT2D eigenvalue weighted by Crippen LogP contribution is -2.28. The molecule has 0 spiro atoms. The minimum Gasteiger partial charge on any atom is -0.343 e. The number of halogens is 3. The monoisotopic (exact) mass is 1110 g/mol. The van der Waals surface area contributed by atoms with Gasteiger partial charge in [-0.2, -0.15) is 0 Å². The van der Waals surface area contributed by atoms with Crippen LogP contribution in [0, 0.1) is 5.82 Å². The van der Waals surface area contributed by atoms with E-state index in [0.29, 0.717) is 72.2 Å². The number of hydrogen-bond acceptors (Lipinski definition) is 12. The zero-order valence-electron chi connectivity index (χ0n) is 44.5. The van der Waals surface area contributed by atoms with Gasteiger partial charge in [-0.15, -0.1) is 0 Å². The summed E-state index contributed by atoms with van der Waals surface area (Å²) in [5.41, 5.74) is 8.02. The van der Waals surface area contributed by atoms with Crippen LogP contribution in [0.15, 0.2) is 128 Å². The Hall–Kier alpha value is -9.33. The number of carbonyl (C=O) groups is 3. The van der Waals surface area contributed by atoms with E-state index in [0.717, 1.165) is 80.8 Å². The van der Waals surface area contributed by atoms with Gasteiger partial charge in [0.1, 0.15) is 39.8 Å². The number of rotatable bonds is 6. The molecule has 18 nitrogen and oxygen atoms in total. The standard InChI is InChI=1S/C21H18ClN5O.C19H16ClN5O.C19H16FN5O/c1-26-16-12-14(22)4-5-15(16)17-18(21(28)27-10-2-3-11-27)24-19(25-20(17)26)13-6-8-23-9-7-13;1-24(2)19(26)16-15-13-10-12(20)4-5-14(13)25(3)18(15)23-17(22-16)11-6-8-21-9-7-11;1-24(2)19(26)16-15-13-5-4-12(20)10-14(13)25(3)18(15)23-17(22-16)11-6-8-21-9-7-11/h4-9,12H,2-3,10-11H2,1H3;2*4-10H,1-3H3. The summed E-state index contributed by atoms with van der Waals surface area (Å²) in [6, 6.07) is 26.7. The second-order valence-corrected chi connectivity index (χ2v) is 20.4. The highest BCUT2D eigenvalue weighted by atomic mass is 35.5. The molecule has 1 aliphatic rings. The Kier molecular flexibility index (Phi) is 14.2. The maximum Gasteiger partial charge on any atom is 0.273 e. The molecule has 0 radical (unpaired) electrons. The molecule has 1 aliphatic heterocycles. The van der Waals surface area contributed by atoms with E-state index in [1.54, 1.807) is 95.2 Å². The minimum atomic E-state index is -0.341. The lowest BCUT2D eigenvalue weighted by atomic mass is 10.1. The van der Waals surface area contributed by atoms with Gasteiger partial charge in [-0.1, -0.05) is 29.3 Å². The van der Waals surface area contributed by atoms with Crippen molar-refractivity contribution >= 4 is 107 Å². The molecule has 0 bridgehead atoms. The third kappa shape index (κ3) is 9.63. The molecule has 0 atom stereocenters. The van der Waals surface area contributed by atoms with Gasteiger partial charge in [-0.25, -0.2) is 34.3 Å². The van der Waals surface area contributed by atoms with Gasteiger partial charge < -0.3 is 28.4 Å². The average molecular weight is 1110 g/mol. The fraction of sp³-hybridized carbons (Fsp3) is 0.186. The van der Waals surface area contributed by atoms with Crippen LogP contribution in [0.3, 0.4) is 0 Å². The van der Waals surface area contributed by atoms with Crippen LogP contribution in [-0.4, -0.2) is 132 Å². The molecular formula is C59H50Cl2FN15O3. The molecule has 0 saturated carbocycles. The van der Waals surface area contributed by atoms with Crippen LogP contribution < -0.4 is 0 Å². The summed E-state index contributed by atoms with van der Waals surface area (Å²) in [5.74, 6) is 0.645. The molecule has 400 valence electrons. The zero-order chi connectivity index (χ0) is 56.1. The Labute approximate surface area is 467 Å². The highest BCUT2D eigenvalue weighted by Crippen LogP contribution is 2.36. The van der Waals surface area contributed by atoms with Gasteiger partial charge in [0.25, 0.3) is 17.7 Å². The first kappa shape index (κ1) is 52.7. The maximum atomic E-state index is 13.7. The summed E-state index contributed by atoms with van der Waals surface area (Å²) in [4.78, 5) is 84.0. The first-order valence-corrected chi connectivity index (χ1v) is 26.1. The summed E-state index contributed by atoms with van der Waals surface area (Å²) in [7, 11) is 12.4. The van der Waals surface area contributed by atoms with Gasteiger partial charge >= 0.3 is 0 Å². The minimum absolute atomic E-state index is 0.0392. The molecule has 21 heteroatoms. The van der Waals surface area contributed by atoms with E-state index in [-0.39, 0.29) is 23.5 Å². The normalized spacial score (nSPS) is 12.3. The number of carbonyl (C=O) groups excluding carboxylic acids is 3. The number of pyridine rings is 3. The number of fused-ring (bicyclic) bond motifs is 9. The molecule has 9 aromatic heterocycles. The van der Waals surface area contributed by atoms with Gasteiger partial charge in [-0.05, 0) is 97.8 Å². The van der Waals surface area contributed by atoms with Crippen LogP contribution in [0.1, 0.15) is 44.3 Å². The van der Waals surface area contributed by atoms with Crippen molar-refractivity contribution in [3.05, 3.63) is 161 Å². The van der Waals surface area contributed by atoms with Crippen molar-refractivity contribution in [3.8, 4) is 34.2 Å². The molecule has 80 heavy (non-hydrogen) atoms. The van der Waals surface area contributed by atoms with Crippen LogP contribution in [0.2, 0.25) is 10.0 Å². The predicted octanol–water partition coefficient (Wildman–Crippen LogP) is 10.6. The van der Waals surface area contributed by atoms with E-state index in [9.17, 15) is 18.8 Å². The lowest BCUT2D eigenvalue weighted by molar-refractivity contribution is 0.0787. The fourth-order valence-electron chi connectivity index (χ4n) is 10.00. The topological polar surface area (TPSA) is 192 Å². The van der Waals surface area contributed by atoms with Gasteiger partial charge in [0, 0.05) is 142 Å². The summed E-state index contributed by atoms with van der Waals surface area (Å²) in [6.07, 6.45) is 12.1. The van der Waals surface area contributed by atoms with Gasteiger partial charge in [0.15, 0.2) is 17.5 Å². The second kappa shape index (κ2) is 21.5. The fourth-order valence-corrected chi connectivity index (χ4v) is 10.3. The van der Waals surface area contributed by atoms with E-state index >= 15 is 0 Å². The van der Waals surface area contributed by atoms with Crippen molar-refractivity contribution in [2.24, 2.45) is 21.1 Å². The number of aryl methyl sites for hydroxylation is 3. The van der Waals surface area contributed by atoms with Crippen molar-refractivity contribution in [1.82, 2.24) is 73.3 Å². The predicted molar refractivity (Wildman–Crippen MR) is 309 cm³/mol. The van der Waals surface area contributed by atoms with E-state index in [1.807, 2.05) is 88.8 Å². The van der Waals surface area contributed by atoms with E-state index < -0.39 is 0 Å². The number of nitrogens with zero attached hydrogens (tertiary/aromatic N) is 15. The summed E-state index contributed by atoms with van der Waals surface area (Å²) < 4.78 is 19.5. The average Bonchev–Trinajstić information content (AvgIpc) is 4.37. The lowest BCUT2D eigenvalue weighted by Gasteiger charge is -2.16. The van der Waals surface area contributed by atoms with Crippen molar-refractivity contribution in [2.75, 3.05) is 41.3 Å². The first-order chi connectivity index (χ1) is 38.6. The largest absolute Gasteiger partial charge is 0.343 e. The van der Waals surface area contributed by atoms with E-state index in [4.69, 9.17) is 38.2 Å². The molecule has 1 saturated heterocycles. The van der Waals surface area contributed by atoms with Gasteiger partial charge in [-0.3, -0.25) is 29.3 Å². The highest BCUT2D eigenvalue weighted by molar-refractivity contribution is 6.32. The Morgan fingerprint density at radius 1 is 0.463 bits per heavy atom. The Balaban J connectivity index is 0.000000127. The van der Waals surface area contributed by atoms with E-state index in [2.05, 4.69) is 29.9 Å². The molecule has 12 aromatic rings. The van der Waals surface area contributed by atoms with Gasteiger partial charge in [0.05, 0.1) is 32.7 Å². The van der Waals surface area contributed by atoms with Crippen molar-refractivity contribution in [1.29, 1.82) is 0 Å². The molecule has 0 unspecified atom stereocenters.